The number of benzene rings is 2. The van der Waals surface area contributed by atoms with Gasteiger partial charge in [0.25, 0.3) is 0 Å². The van der Waals surface area contributed by atoms with E-state index in [0.29, 0.717) is 17.9 Å². The molecule has 3 atom stereocenters. The maximum atomic E-state index is 10.1. The van der Waals surface area contributed by atoms with Crippen LogP contribution in [0.4, 0.5) is 0 Å². The third kappa shape index (κ3) is 5.94. The molecule has 28 heavy (non-hydrogen) atoms. The van der Waals surface area contributed by atoms with Crippen LogP contribution in [0.25, 0.3) is 0 Å². The number of halogens is 1. The number of hydrogen-bond acceptors (Lipinski definition) is 6. The van der Waals surface area contributed by atoms with Gasteiger partial charge in [-0.3, -0.25) is 9.86 Å². The summed E-state index contributed by atoms with van der Waals surface area (Å²) in [6, 6.07) is 14.4. The van der Waals surface area contributed by atoms with E-state index in [0.717, 1.165) is 42.6 Å². The van der Waals surface area contributed by atoms with E-state index in [2.05, 4.69) is 35.1 Å². The summed E-state index contributed by atoms with van der Waals surface area (Å²) in [6.45, 7) is 0.746. The number of hydrogen-bond donors (Lipinski definition) is 4. The summed E-state index contributed by atoms with van der Waals surface area (Å²) in [6.07, 6.45) is 1.63. The molecule has 1 fully saturated rings. The molecule has 1 aliphatic rings. The maximum Gasteiger partial charge on any atom is 0.0854 e. The zero-order valence-electron chi connectivity index (χ0n) is 15.7. The molecule has 0 spiro atoms. The van der Waals surface area contributed by atoms with Crippen LogP contribution in [0, 0.1) is 0 Å². The molecule has 5 nitrogen and oxygen atoms in total. The molecule has 152 valence electrons. The smallest absolute Gasteiger partial charge is 0.0854 e. The van der Waals surface area contributed by atoms with Gasteiger partial charge in [-0.15, -0.1) is 0 Å². The fourth-order valence-electron chi connectivity index (χ4n) is 3.55. The predicted octanol–water partition coefficient (Wildman–Crippen LogP) is 3.16. The number of aliphatic hydroxyl groups excluding tert-OH is 2. The summed E-state index contributed by atoms with van der Waals surface area (Å²) in [7, 11) is 0. The number of aliphatic hydroxyl groups is 2. The van der Waals surface area contributed by atoms with Gasteiger partial charge in [-0.1, -0.05) is 48.0 Å². The predicted molar refractivity (Wildman–Crippen MR) is 114 cm³/mol. The first-order valence-corrected chi connectivity index (χ1v) is 10.7. The molecule has 3 rings (SSSR count). The van der Waals surface area contributed by atoms with Crippen molar-refractivity contribution in [3.8, 4) is 0 Å². The molecule has 0 aromatic heterocycles. The van der Waals surface area contributed by atoms with Crippen molar-refractivity contribution in [2.24, 2.45) is 5.14 Å². The molecule has 1 heterocycles. The quantitative estimate of drug-likeness (QED) is 0.386. The molecule has 0 amide bonds. The van der Waals surface area contributed by atoms with Gasteiger partial charge in [0.15, 0.2) is 0 Å². The van der Waals surface area contributed by atoms with Gasteiger partial charge in [-0.05, 0) is 41.2 Å². The molecule has 0 radical (unpaired) electrons. The van der Waals surface area contributed by atoms with Crippen molar-refractivity contribution in [3.05, 3.63) is 69.7 Å². The van der Waals surface area contributed by atoms with Gasteiger partial charge in [0.2, 0.25) is 0 Å². The summed E-state index contributed by atoms with van der Waals surface area (Å²) in [5.41, 5.74) is 4.45. The molecule has 7 heteroatoms. The third-order valence-electron chi connectivity index (χ3n) is 5.04. The summed E-state index contributed by atoms with van der Waals surface area (Å²) in [5.74, 6) is 0. The normalized spacial score (nSPS) is 22.4. The summed E-state index contributed by atoms with van der Waals surface area (Å²) in [5, 5.41) is 25.5. The highest BCUT2D eigenvalue weighted by molar-refractivity contribution is 7.95. The number of ether oxygens (including phenoxy) is 1. The fourth-order valence-corrected chi connectivity index (χ4v) is 3.96. The Morgan fingerprint density at radius 1 is 1.14 bits per heavy atom. The van der Waals surface area contributed by atoms with Crippen LogP contribution in [0.5, 0.6) is 0 Å². The van der Waals surface area contributed by atoms with Crippen LogP contribution in [0.2, 0.25) is 5.02 Å². The van der Waals surface area contributed by atoms with Crippen LogP contribution in [0.3, 0.4) is 0 Å². The molecule has 0 aliphatic carbocycles. The average Bonchev–Trinajstić information content (AvgIpc) is 2.70. The highest BCUT2D eigenvalue weighted by Gasteiger charge is 2.29. The van der Waals surface area contributed by atoms with E-state index >= 15 is 0 Å². The second kappa shape index (κ2) is 10.6. The van der Waals surface area contributed by atoms with E-state index in [9.17, 15) is 10.2 Å². The Labute approximate surface area is 175 Å². The van der Waals surface area contributed by atoms with Crippen molar-refractivity contribution in [1.82, 2.24) is 4.72 Å². The van der Waals surface area contributed by atoms with E-state index in [1.54, 1.807) is 0 Å². The summed E-state index contributed by atoms with van der Waals surface area (Å²) in [4.78, 5) is 0. The van der Waals surface area contributed by atoms with E-state index < -0.39 is 6.10 Å². The van der Waals surface area contributed by atoms with Gasteiger partial charge in [0, 0.05) is 36.5 Å². The standard InChI is InChI=1S/C21H27ClN2O3S/c22-20-6-5-16(21-12-18(26)11-19(13-25)27-21)10-17(20)9-15-3-1-14(2-4-15)7-8-24-28-23/h1-6,10,18-19,21,24-26H,7-9,11-13,23H2. The van der Waals surface area contributed by atoms with Crippen LogP contribution in [-0.2, 0) is 17.6 Å². The molecule has 3 unspecified atom stereocenters. The van der Waals surface area contributed by atoms with Gasteiger partial charge in [-0.25, -0.2) is 0 Å². The minimum atomic E-state index is -0.463. The van der Waals surface area contributed by atoms with Crippen LogP contribution >= 0.6 is 23.7 Å². The molecular formula is C21H27ClN2O3S. The third-order valence-corrected chi connectivity index (χ3v) is 5.78. The van der Waals surface area contributed by atoms with Gasteiger partial charge in [-0.2, -0.15) is 0 Å². The number of nitrogens with one attached hydrogen (secondary N) is 1. The summed E-state index contributed by atoms with van der Waals surface area (Å²) < 4.78 is 8.97. The molecule has 0 saturated carbocycles. The lowest BCUT2D eigenvalue weighted by molar-refractivity contribution is -0.113. The highest BCUT2D eigenvalue weighted by atomic mass is 35.5. The average molecular weight is 423 g/mol. The zero-order valence-corrected chi connectivity index (χ0v) is 17.3. The molecule has 1 saturated heterocycles. The van der Waals surface area contributed by atoms with Gasteiger partial charge in [0.1, 0.15) is 0 Å². The van der Waals surface area contributed by atoms with Gasteiger partial charge < -0.3 is 14.9 Å². The van der Waals surface area contributed by atoms with Crippen molar-refractivity contribution in [2.45, 2.75) is 44.0 Å². The first-order valence-electron chi connectivity index (χ1n) is 9.48. The topological polar surface area (TPSA) is 87.7 Å². The Morgan fingerprint density at radius 3 is 2.61 bits per heavy atom. The minimum Gasteiger partial charge on any atom is -0.394 e. The van der Waals surface area contributed by atoms with E-state index in [4.69, 9.17) is 21.5 Å². The second-order valence-corrected chi connectivity index (χ2v) is 8.09. The van der Waals surface area contributed by atoms with Crippen molar-refractivity contribution in [3.63, 3.8) is 0 Å². The first kappa shape index (κ1) is 21.6. The zero-order chi connectivity index (χ0) is 19.9. The van der Waals surface area contributed by atoms with E-state index in [-0.39, 0.29) is 18.8 Å². The Bertz CT molecular complexity index is 760. The second-order valence-electron chi connectivity index (χ2n) is 7.16. The minimum absolute atomic E-state index is 0.0835. The van der Waals surface area contributed by atoms with Crippen molar-refractivity contribution in [2.75, 3.05) is 13.2 Å². The van der Waals surface area contributed by atoms with Crippen LogP contribution in [-0.4, -0.2) is 35.6 Å². The Balaban J connectivity index is 1.69. The number of nitrogens with two attached hydrogens (primary N) is 1. The largest absolute Gasteiger partial charge is 0.394 e. The Kier molecular flexibility index (Phi) is 8.17. The first-order chi connectivity index (χ1) is 13.6. The number of rotatable bonds is 8. The summed E-state index contributed by atoms with van der Waals surface area (Å²) >= 11 is 7.57. The molecule has 0 bridgehead atoms. The SMILES string of the molecule is NSNCCc1ccc(Cc2cc(C3CC(O)CC(CO)O3)ccc2Cl)cc1. The molecule has 2 aromatic rings. The molecule has 1 aliphatic heterocycles. The van der Waals surface area contributed by atoms with Gasteiger partial charge >= 0.3 is 0 Å². The van der Waals surface area contributed by atoms with Crippen molar-refractivity contribution in [1.29, 1.82) is 0 Å². The molecule has 5 N–H and O–H groups in total. The van der Waals surface area contributed by atoms with Crippen LogP contribution in [0.15, 0.2) is 42.5 Å². The highest BCUT2D eigenvalue weighted by Crippen LogP contribution is 2.33. The Hall–Kier alpha value is -1.12. The van der Waals surface area contributed by atoms with Gasteiger partial charge in [0.05, 0.1) is 24.9 Å². The Morgan fingerprint density at radius 2 is 1.89 bits per heavy atom. The lowest BCUT2D eigenvalue weighted by Gasteiger charge is -2.32. The fraction of sp³-hybridized carbons (Fsp3) is 0.429. The van der Waals surface area contributed by atoms with Crippen molar-refractivity contribution >= 4 is 23.7 Å². The van der Waals surface area contributed by atoms with Crippen LogP contribution < -0.4 is 9.86 Å². The maximum absolute atomic E-state index is 10.1. The van der Waals surface area contributed by atoms with Crippen LogP contribution in [0.1, 0.15) is 41.2 Å². The molecule has 2 aromatic carbocycles. The van der Waals surface area contributed by atoms with E-state index in [1.165, 1.54) is 11.1 Å². The lowest BCUT2D eigenvalue weighted by Crippen LogP contribution is -2.33. The lowest BCUT2D eigenvalue weighted by atomic mass is 9.94. The van der Waals surface area contributed by atoms with Crippen molar-refractivity contribution < 1.29 is 14.9 Å². The molecular weight excluding hydrogens is 396 g/mol. The van der Waals surface area contributed by atoms with E-state index in [1.807, 2.05) is 12.1 Å². The monoisotopic (exact) mass is 422 g/mol.